The second kappa shape index (κ2) is 8.22. The van der Waals surface area contributed by atoms with Crippen molar-refractivity contribution in [1.82, 2.24) is 0 Å². The fourth-order valence-electron chi connectivity index (χ4n) is 3.98. The molecule has 3 rings (SSSR count). The Hall–Kier alpha value is -3.07. The van der Waals surface area contributed by atoms with Gasteiger partial charge in [0.05, 0.1) is 5.56 Å². The summed E-state index contributed by atoms with van der Waals surface area (Å²) in [5.74, 6) is -0.610. The summed E-state index contributed by atoms with van der Waals surface area (Å²) in [5, 5.41) is 21.0. The lowest BCUT2D eigenvalue weighted by Crippen LogP contribution is -2.17. The van der Waals surface area contributed by atoms with E-state index < -0.39 is 5.97 Å². The van der Waals surface area contributed by atoms with Crippen molar-refractivity contribution < 1.29 is 15.0 Å². The maximum atomic E-state index is 12.1. The molecule has 0 saturated carbocycles. The number of hydrogen-bond acceptors (Lipinski definition) is 2. The van der Waals surface area contributed by atoms with Crippen LogP contribution in [0.5, 0.6) is 5.75 Å². The highest BCUT2D eigenvalue weighted by Gasteiger charge is 2.27. The molecular weight excluding hydrogens is 384 g/mol. The molecular formula is C28H32O3. The van der Waals surface area contributed by atoms with Crippen molar-refractivity contribution in [3.05, 3.63) is 88.5 Å². The first-order valence-electron chi connectivity index (χ1n) is 10.7. The van der Waals surface area contributed by atoms with Crippen molar-refractivity contribution in [2.45, 2.75) is 58.8 Å². The van der Waals surface area contributed by atoms with Gasteiger partial charge in [-0.05, 0) is 57.7 Å². The number of phenolic OH excluding ortho intramolecular Hbond substituents is 1. The molecule has 0 aliphatic heterocycles. The van der Waals surface area contributed by atoms with Crippen LogP contribution in [-0.4, -0.2) is 16.2 Å². The van der Waals surface area contributed by atoms with Gasteiger partial charge in [-0.1, -0.05) is 84.0 Å². The molecule has 31 heavy (non-hydrogen) atoms. The Kier molecular flexibility index (Phi) is 6.00. The van der Waals surface area contributed by atoms with Crippen LogP contribution in [0.15, 0.2) is 60.7 Å². The van der Waals surface area contributed by atoms with Crippen molar-refractivity contribution in [3.8, 4) is 16.9 Å². The van der Waals surface area contributed by atoms with Crippen molar-refractivity contribution in [2.75, 3.05) is 0 Å². The molecule has 162 valence electrons. The number of carbonyl (C=O) groups is 1. The van der Waals surface area contributed by atoms with Crippen LogP contribution in [0.1, 0.15) is 74.2 Å². The molecule has 0 aliphatic carbocycles. The van der Waals surface area contributed by atoms with Gasteiger partial charge < -0.3 is 10.2 Å². The second-order valence-electron chi connectivity index (χ2n) is 10.2. The summed E-state index contributed by atoms with van der Waals surface area (Å²) in [6.07, 6.45) is 0.523. The molecule has 3 aromatic carbocycles. The normalized spacial score (nSPS) is 12.1. The number of carboxylic acid groups (broad SMARTS) is 1. The van der Waals surface area contributed by atoms with Crippen LogP contribution in [0.4, 0.5) is 0 Å². The van der Waals surface area contributed by atoms with Gasteiger partial charge in [-0.2, -0.15) is 0 Å². The Morgan fingerprint density at radius 1 is 0.806 bits per heavy atom. The monoisotopic (exact) mass is 416 g/mol. The van der Waals surface area contributed by atoms with Crippen molar-refractivity contribution in [2.24, 2.45) is 0 Å². The number of aromatic carboxylic acids is 1. The predicted octanol–water partition coefficient (Wildman–Crippen LogP) is 6.94. The van der Waals surface area contributed by atoms with E-state index in [4.69, 9.17) is 0 Å². The van der Waals surface area contributed by atoms with Gasteiger partial charge in [-0.25, -0.2) is 4.79 Å². The molecule has 0 unspecified atom stereocenters. The van der Waals surface area contributed by atoms with E-state index in [9.17, 15) is 15.0 Å². The first-order chi connectivity index (χ1) is 14.4. The molecule has 0 radical (unpaired) electrons. The largest absolute Gasteiger partial charge is 0.507 e. The zero-order valence-corrected chi connectivity index (χ0v) is 19.3. The number of carboxylic acids is 1. The van der Waals surface area contributed by atoms with E-state index in [0.717, 1.165) is 33.4 Å². The SMILES string of the molecule is CC(C)(C)c1cc(-c2cccc(C(=O)O)c2Cc2ccccc2)cc(C(C)(C)C)c1O. The molecule has 0 spiro atoms. The topological polar surface area (TPSA) is 57.5 Å². The third kappa shape index (κ3) is 4.82. The average molecular weight is 417 g/mol. The third-order valence-electron chi connectivity index (χ3n) is 5.67. The highest BCUT2D eigenvalue weighted by atomic mass is 16.4. The quantitative estimate of drug-likeness (QED) is 0.484. The number of phenols is 1. The zero-order chi connectivity index (χ0) is 23.0. The van der Waals surface area contributed by atoms with E-state index in [1.165, 1.54) is 0 Å². The average Bonchev–Trinajstić information content (AvgIpc) is 2.67. The fraction of sp³-hybridized carbons (Fsp3) is 0.321. The van der Waals surface area contributed by atoms with E-state index in [2.05, 4.69) is 41.5 Å². The molecule has 3 aromatic rings. The molecule has 3 heteroatoms. The van der Waals surface area contributed by atoms with Crippen LogP contribution in [0, 0.1) is 0 Å². The molecule has 0 atom stereocenters. The first kappa shape index (κ1) is 22.6. The molecule has 2 N–H and O–H groups in total. The molecule has 3 nitrogen and oxygen atoms in total. The van der Waals surface area contributed by atoms with E-state index in [1.807, 2.05) is 48.5 Å². The van der Waals surface area contributed by atoms with Gasteiger partial charge in [0.15, 0.2) is 0 Å². The van der Waals surface area contributed by atoms with Crippen LogP contribution < -0.4 is 0 Å². The van der Waals surface area contributed by atoms with Gasteiger partial charge >= 0.3 is 5.97 Å². The number of rotatable bonds is 4. The minimum Gasteiger partial charge on any atom is -0.507 e. The fourth-order valence-corrected chi connectivity index (χ4v) is 3.98. The van der Waals surface area contributed by atoms with Gasteiger partial charge in [0, 0.05) is 11.1 Å². The molecule has 0 aromatic heterocycles. The highest BCUT2D eigenvalue weighted by Crippen LogP contribution is 2.43. The van der Waals surface area contributed by atoms with Gasteiger partial charge in [-0.3, -0.25) is 0 Å². The van der Waals surface area contributed by atoms with Crippen LogP contribution >= 0.6 is 0 Å². The molecule has 0 heterocycles. The number of hydrogen-bond donors (Lipinski definition) is 2. The minimum atomic E-state index is -0.932. The molecule has 0 bridgehead atoms. The second-order valence-corrected chi connectivity index (χ2v) is 10.2. The minimum absolute atomic E-state index is 0.260. The molecule has 0 amide bonds. The van der Waals surface area contributed by atoms with Gasteiger partial charge in [-0.15, -0.1) is 0 Å². The van der Waals surface area contributed by atoms with Crippen LogP contribution in [0.25, 0.3) is 11.1 Å². The van der Waals surface area contributed by atoms with Crippen LogP contribution in [0.3, 0.4) is 0 Å². The van der Waals surface area contributed by atoms with Crippen molar-refractivity contribution in [3.63, 3.8) is 0 Å². The Labute approximate surface area is 185 Å². The van der Waals surface area contributed by atoms with E-state index >= 15 is 0 Å². The summed E-state index contributed by atoms with van der Waals surface area (Å²) in [6.45, 7) is 12.5. The maximum absolute atomic E-state index is 12.1. The number of benzene rings is 3. The lowest BCUT2D eigenvalue weighted by Gasteiger charge is -2.28. The van der Waals surface area contributed by atoms with E-state index in [-0.39, 0.29) is 10.8 Å². The molecule has 0 fully saturated rings. The van der Waals surface area contributed by atoms with Gasteiger partial charge in [0.25, 0.3) is 0 Å². The first-order valence-corrected chi connectivity index (χ1v) is 10.7. The summed E-state index contributed by atoms with van der Waals surface area (Å²) in [7, 11) is 0. The van der Waals surface area contributed by atoms with E-state index in [1.54, 1.807) is 12.1 Å². The standard InChI is InChI=1S/C28H32O3/c1-27(2,3)23-16-19(17-24(25(23)29)28(4,5)6)20-13-10-14-21(26(30)31)22(20)15-18-11-8-7-9-12-18/h7-14,16-17,29H,15H2,1-6H3,(H,30,31). The summed E-state index contributed by atoms with van der Waals surface area (Å²) < 4.78 is 0. The lowest BCUT2D eigenvalue weighted by molar-refractivity contribution is 0.0696. The molecule has 0 aliphatic rings. The van der Waals surface area contributed by atoms with Crippen molar-refractivity contribution >= 4 is 5.97 Å². The number of aromatic hydroxyl groups is 1. The summed E-state index contributed by atoms with van der Waals surface area (Å²) in [5.41, 5.74) is 5.18. The smallest absolute Gasteiger partial charge is 0.335 e. The van der Waals surface area contributed by atoms with E-state index in [0.29, 0.717) is 17.7 Å². The zero-order valence-electron chi connectivity index (χ0n) is 19.3. The maximum Gasteiger partial charge on any atom is 0.335 e. The van der Waals surface area contributed by atoms with Gasteiger partial charge in [0.1, 0.15) is 5.75 Å². The van der Waals surface area contributed by atoms with Gasteiger partial charge in [0.2, 0.25) is 0 Å². The Morgan fingerprint density at radius 3 is 1.84 bits per heavy atom. The Morgan fingerprint density at radius 2 is 1.35 bits per heavy atom. The summed E-state index contributed by atoms with van der Waals surface area (Å²) in [4.78, 5) is 12.1. The Balaban J connectivity index is 2.32. The highest BCUT2D eigenvalue weighted by molar-refractivity contribution is 5.92. The van der Waals surface area contributed by atoms with Crippen LogP contribution in [-0.2, 0) is 17.3 Å². The third-order valence-corrected chi connectivity index (χ3v) is 5.67. The molecule has 0 saturated heterocycles. The summed E-state index contributed by atoms with van der Waals surface area (Å²) in [6, 6.07) is 19.4. The van der Waals surface area contributed by atoms with Crippen LogP contribution in [0.2, 0.25) is 0 Å². The van der Waals surface area contributed by atoms with Crippen molar-refractivity contribution in [1.29, 1.82) is 0 Å². The summed E-state index contributed by atoms with van der Waals surface area (Å²) >= 11 is 0. The lowest BCUT2D eigenvalue weighted by atomic mass is 9.77. The Bertz CT molecular complexity index is 1060. The predicted molar refractivity (Wildman–Crippen MR) is 127 cm³/mol.